The van der Waals surface area contributed by atoms with Crippen LogP contribution in [0.25, 0.3) is 0 Å². The smallest absolute Gasteiger partial charge is 0.237 e. The fourth-order valence-electron chi connectivity index (χ4n) is 3.45. The highest BCUT2D eigenvalue weighted by Gasteiger charge is 2.31. The summed E-state index contributed by atoms with van der Waals surface area (Å²) < 4.78 is 22.9. The molecule has 0 aromatic heterocycles. The van der Waals surface area contributed by atoms with Gasteiger partial charge in [-0.25, -0.2) is 8.42 Å². The summed E-state index contributed by atoms with van der Waals surface area (Å²) in [6.07, 6.45) is 3.01. The lowest BCUT2D eigenvalue weighted by Crippen LogP contribution is -2.48. The maximum Gasteiger partial charge on any atom is 0.237 e. The summed E-state index contributed by atoms with van der Waals surface area (Å²) in [6, 6.07) is 10.6. The lowest BCUT2D eigenvalue weighted by molar-refractivity contribution is -0.133. The van der Waals surface area contributed by atoms with E-state index < -0.39 is 9.84 Å². The van der Waals surface area contributed by atoms with Gasteiger partial charge in [-0.2, -0.15) is 0 Å². The minimum absolute atomic E-state index is 0.141. The van der Waals surface area contributed by atoms with Gasteiger partial charge in [0.15, 0.2) is 9.84 Å². The van der Waals surface area contributed by atoms with Crippen LogP contribution >= 0.6 is 0 Å². The van der Waals surface area contributed by atoms with Crippen LogP contribution in [0.5, 0.6) is 0 Å². The van der Waals surface area contributed by atoms with Crippen molar-refractivity contribution in [3.63, 3.8) is 0 Å². The van der Waals surface area contributed by atoms with E-state index in [1.54, 1.807) is 0 Å². The van der Waals surface area contributed by atoms with E-state index in [2.05, 4.69) is 12.1 Å². The molecule has 6 heteroatoms. The van der Waals surface area contributed by atoms with Gasteiger partial charge in [-0.15, -0.1) is 0 Å². The lowest BCUT2D eigenvalue weighted by atomic mass is 10.0. The molecular formula is C17H24N2O3S. The number of amides is 1. The Morgan fingerprint density at radius 1 is 1.09 bits per heavy atom. The molecule has 2 fully saturated rings. The monoisotopic (exact) mass is 336 g/mol. The van der Waals surface area contributed by atoms with Gasteiger partial charge >= 0.3 is 0 Å². The predicted molar refractivity (Wildman–Crippen MR) is 90.0 cm³/mol. The van der Waals surface area contributed by atoms with E-state index in [0.29, 0.717) is 19.6 Å². The van der Waals surface area contributed by atoms with Gasteiger partial charge in [0.2, 0.25) is 5.91 Å². The molecule has 126 valence electrons. The van der Waals surface area contributed by atoms with Gasteiger partial charge in [-0.3, -0.25) is 9.69 Å². The van der Waals surface area contributed by atoms with Crippen molar-refractivity contribution in [1.29, 1.82) is 0 Å². The number of hydrogen-bond acceptors (Lipinski definition) is 4. The van der Waals surface area contributed by atoms with E-state index in [-0.39, 0.29) is 23.5 Å². The predicted octanol–water partition coefficient (Wildman–Crippen LogP) is 0.951. The molecule has 0 radical (unpaired) electrons. The highest BCUT2D eigenvalue weighted by molar-refractivity contribution is 7.91. The SMILES string of the molecule is O=C(CN1CCS(=O)(=O)CC1)N1CCC[C@@H]1Cc1ccccc1. The molecule has 1 aromatic rings. The van der Waals surface area contributed by atoms with E-state index in [1.807, 2.05) is 28.0 Å². The first kappa shape index (κ1) is 16.5. The lowest BCUT2D eigenvalue weighted by Gasteiger charge is -2.30. The van der Waals surface area contributed by atoms with Crippen LogP contribution in [0.1, 0.15) is 18.4 Å². The van der Waals surface area contributed by atoms with Crippen LogP contribution in [0.2, 0.25) is 0 Å². The van der Waals surface area contributed by atoms with Crippen LogP contribution in [-0.2, 0) is 21.1 Å². The van der Waals surface area contributed by atoms with Crippen LogP contribution < -0.4 is 0 Å². The van der Waals surface area contributed by atoms with Crippen molar-refractivity contribution in [1.82, 2.24) is 9.80 Å². The number of nitrogens with zero attached hydrogens (tertiary/aromatic N) is 2. The fraction of sp³-hybridized carbons (Fsp3) is 0.588. The van der Waals surface area contributed by atoms with Crippen LogP contribution in [0.3, 0.4) is 0 Å². The first-order chi connectivity index (χ1) is 11.0. The molecule has 0 spiro atoms. The van der Waals surface area contributed by atoms with Crippen molar-refractivity contribution in [2.24, 2.45) is 0 Å². The number of likely N-dealkylation sites (tertiary alicyclic amines) is 1. The number of carbonyl (C=O) groups excluding carboxylic acids is 1. The van der Waals surface area contributed by atoms with Crippen LogP contribution in [0.15, 0.2) is 30.3 Å². The number of hydrogen-bond donors (Lipinski definition) is 0. The molecule has 2 heterocycles. The normalized spacial score (nSPS) is 24.7. The average molecular weight is 336 g/mol. The van der Waals surface area contributed by atoms with E-state index in [9.17, 15) is 13.2 Å². The van der Waals surface area contributed by atoms with Gasteiger partial charge in [0.05, 0.1) is 18.1 Å². The summed E-state index contributed by atoms with van der Waals surface area (Å²) in [5.41, 5.74) is 1.27. The summed E-state index contributed by atoms with van der Waals surface area (Å²) >= 11 is 0. The second kappa shape index (κ2) is 7.01. The largest absolute Gasteiger partial charge is 0.338 e. The van der Waals surface area contributed by atoms with Crippen molar-refractivity contribution in [3.05, 3.63) is 35.9 Å². The molecule has 0 N–H and O–H groups in total. The molecule has 1 amide bonds. The Morgan fingerprint density at radius 3 is 2.48 bits per heavy atom. The Hall–Kier alpha value is -1.40. The molecule has 0 bridgehead atoms. The molecule has 0 saturated carbocycles. The first-order valence-corrected chi connectivity index (χ1v) is 10.1. The zero-order valence-electron chi connectivity index (χ0n) is 13.4. The molecule has 1 aromatic carbocycles. The molecule has 0 unspecified atom stereocenters. The number of carbonyl (C=O) groups is 1. The van der Waals surface area contributed by atoms with Crippen molar-refractivity contribution in [2.45, 2.75) is 25.3 Å². The molecule has 1 atom stereocenters. The quantitative estimate of drug-likeness (QED) is 0.821. The Labute approximate surface area is 138 Å². The van der Waals surface area contributed by atoms with Crippen molar-refractivity contribution in [2.75, 3.05) is 37.7 Å². The van der Waals surface area contributed by atoms with Gasteiger partial charge in [-0.1, -0.05) is 30.3 Å². The minimum Gasteiger partial charge on any atom is -0.338 e. The van der Waals surface area contributed by atoms with Gasteiger partial charge in [-0.05, 0) is 24.8 Å². The average Bonchev–Trinajstić information content (AvgIpc) is 2.99. The number of rotatable bonds is 4. The Kier molecular flexibility index (Phi) is 5.02. The zero-order valence-corrected chi connectivity index (χ0v) is 14.2. The molecule has 2 aliphatic heterocycles. The molecule has 0 aliphatic carbocycles. The first-order valence-electron chi connectivity index (χ1n) is 8.30. The van der Waals surface area contributed by atoms with E-state index in [0.717, 1.165) is 25.8 Å². The Balaban J connectivity index is 1.56. The van der Waals surface area contributed by atoms with Crippen molar-refractivity contribution < 1.29 is 13.2 Å². The van der Waals surface area contributed by atoms with Gasteiger partial charge in [0.25, 0.3) is 0 Å². The third-order valence-corrected chi connectivity index (χ3v) is 6.42. The number of sulfone groups is 1. The molecule has 23 heavy (non-hydrogen) atoms. The fourth-order valence-corrected chi connectivity index (χ4v) is 4.73. The van der Waals surface area contributed by atoms with E-state index >= 15 is 0 Å². The van der Waals surface area contributed by atoms with Gasteiger partial charge < -0.3 is 4.90 Å². The Bertz CT molecular complexity index is 631. The van der Waals surface area contributed by atoms with E-state index in [1.165, 1.54) is 5.56 Å². The number of benzene rings is 1. The third-order valence-electron chi connectivity index (χ3n) is 4.81. The summed E-state index contributed by atoms with van der Waals surface area (Å²) in [6.45, 7) is 2.12. The maximum absolute atomic E-state index is 12.6. The summed E-state index contributed by atoms with van der Waals surface area (Å²) in [5.74, 6) is 0.490. The molecular weight excluding hydrogens is 312 g/mol. The van der Waals surface area contributed by atoms with E-state index in [4.69, 9.17) is 0 Å². The van der Waals surface area contributed by atoms with Crippen molar-refractivity contribution >= 4 is 15.7 Å². The van der Waals surface area contributed by atoms with Crippen LogP contribution in [0.4, 0.5) is 0 Å². The minimum atomic E-state index is -2.89. The van der Waals surface area contributed by atoms with Gasteiger partial charge in [0, 0.05) is 25.7 Å². The van der Waals surface area contributed by atoms with Gasteiger partial charge in [0.1, 0.15) is 0 Å². The summed E-state index contributed by atoms with van der Waals surface area (Å²) in [4.78, 5) is 16.6. The standard InChI is InChI=1S/C17H24N2O3S/c20-17(14-18-9-11-23(21,22)12-10-18)19-8-4-7-16(19)13-15-5-2-1-3-6-15/h1-3,5-6,16H,4,7-14H2/t16-/m1/s1. The summed E-state index contributed by atoms with van der Waals surface area (Å²) in [5, 5.41) is 0. The maximum atomic E-state index is 12.6. The molecule has 2 aliphatic rings. The van der Waals surface area contributed by atoms with Crippen LogP contribution in [-0.4, -0.2) is 67.9 Å². The topological polar surface area (TPSA) is 57.7 Å². The summed E-state index contributed by atoms with van der Waals surface area (Å²) in [7, 11) is -2.89. The van der Waals surface area contributed by atoms with Crippen molar-refractivity contribution in [3.8, 4) is 0 Å². The second-order valence-electron chi connectivity index (χ2n) is 6.50. The third kappa shape index (κ3) is 4.32. The zero-order chi connectivity index (χ0) is 16.3. The van der Waals surface area contributed by atoms with Crippen LogP contribution in [0, 0.1) is 0 Å². The molecule has 5 nitrogen and oxygen atoms in total. The second-order valence-corrected chi connectivity index (χ2v) is 8.80. The molecule has 3 rings (SSSR count). The highest BCUT2D eigenvalue weighted by atomic mass is 32.2. The Morgan fingerprint density at radius 2 is 1.78 bits per heavy atom. The molecule has 2 saturated heterocycles. The highest BCUT2D eigenvalue weighted by Crippen LogP contribution is 2.21.